The van der Waals surface area contributed by atoms with Gasteiger partial charge in [-0.1, -0.05) is 51.4 Å². The summed E-state index contributed by atoms with van der Waals surface area (Å²) in [4.78, 5) is 0. The van der Waals surface area contributed by atoms with Crippen molar-refractivity contribution in [2.45, 2.75) is 97.6 Å². The van der Waals surface area contributed by atoms with E-state index in [1.807, 2.05) is 20.8 Å². The summed E-state index contributed by atoms with van der Waals surface area (Å²) in [5.74, 6) is 0. The largest absolute Gasteiger partial charge is 0.500 e. The van der Waals surface area contributed by atoms with Crippen molar-refractivity contribution in [1.29, 1.82) is 0 Å². The molecule has 1 aromatic rings. The van der Waals surface area contributed by atoms with E-state index in [-0.39, 0.29) is 0 Å². The summed E-state index contributed by atoms with van der Waals surface area (Å²) in [5.41, 5.74) is 0. The van der Waals surface area contributed by atoms with Crippen molar-refractivity contribution >= 4 is 8.80 Å². The van der Waals surface area contributed by atoms with Crippen molar-refractivity contribution in [3.8, 4) is 0 Å². The highest BCUT2D eigenvalue weighted by Crippen LogP contribution is 2.21. The van der Waals surface area contributed by atoms with E-state index >= 15 is 0 Å². The summed E-state index contributed by atoms with van der Waals surface area (Å²) in [6.07, 6.45) is 14.5. The van der Waals surface area contributed by atoms with Gasteiger partial charge in [0.2, 0.25) is 0 Å². The molecule has 0 amide bonds. The Kier molecular flexibility index (Phi) is 14.5. The summed E-state index contributed by atoms with van der Waals surface area (Å²) in [6.45, 7) is 9.00. The molecule has 0 radical (unpaired) electrons. The van der Waals surface area contributed by atoms with Crippen LogP contribution >= 0.6 is 0 Å². The van der Waals surface area contributed by atoms with E-state index in [2.05, 4.69) is 15.5 Å². The van der Waals surface area contributed by atoms with Crippen LogP contribution in [-0.2, 0) is 19.8 Å². The smallest absolute Gasteiger partial charge is 0.374 e. The molecule has 0 aliphatic heterocycles. The summed E-state index contributed by atoms with van der Waals surface area (Å²) in [7, 11) is -2.42. The van der Waals surface area contributed by atoms with Crippen LogP contribution in [0.5, 0.6) is 0 Å². The van der Waals surface area contributed by atoms with E-state index in [4.69, 9.17) is 13.3 Å². The molecule has 0 spiro atoms. The molecule has 0 fully saturated rings. The average Bonchev–Trinajstić information content (AvgIpc) is 3.17. The van der Waals surface area contributed by atoms with E-state index in [1.165, 1.54) is 51.4 Å². The van der Waals surface area contributed by atoms with Crippen molar-refractivity contribution in [3.63, 3.8) is 0 Å². The van der Waals surface area contributed by atoms with Crippen LogP contribution < -0.4 is 0 Å². The van der Waals surface area contributed by atoms with Gasteiger partial charge in [-0.05, 0) is 44.0 Å². The monoisotopic (exact) mass is 400 g/mol. The highest BCUT2D eigenvalue weighted by molar-refractivity contribution is 6.60. The number of hydrogen-bond donors (Lipinski definition) is 0. The summed E-state index contributed by atoms with van der Waals surface area (Å²) in [5, 5.41) is 11.2. The van der Waals surface area contributed by atoms with Crippen LogP contribution in [0.15, 0.2) is 6.33 Å². The topological polar surface area (TPSA) is 71.3 Å². The molecule has 0 N–H and O–H groups in total. The van der Waals surface area contributed by atoms with E-state index in [9.17, 15) is 0 Å². The van der Waals surface area contributed by atoms with Crippen molar-refractivity contribution in [2.24, 2.45) is 0 Å². The Morgan fingerprint density at radius 1 is 0.704 bits per heavy atom. The molecule has 0 bridgehead atoms. The van der Waals surface area contributed by atoms with Crippen molar-refractivity contribution < 1.29 is 13.3 Å². The lowest BCUT2D eigenvalue weighted by Crippen LogP contribution is -2.45. The molecule has 1 rings (SSSR count). The van der Waals surface area contributed by atoms with Gasteiger partial charge in [-0.25, -0.2) is 4.68 Å². The van der Waals surface area contributed by atoms with Crippen LogP contribution in [0.3, 0.4) is 0 Å². The zero-order chi connectivity index (χ0) is 19.6. The normalized spacial score (nSPS) is 12.0. The molecule has 1 aromatic heterocycles. The third-order valence-corrected chi connectivity index (χ3v) is 7.76. The Labute approximate surface area is 166 Å². The van der Waals surface area contributed by atoms with Gasteiger partial charge in [0.25, 0.3) is 0 Å². The number of nitrogens with zero attached hydrogens (tertiary/aromatic N) is 4. The molecule has 7 nitrogen and oxygen atoms in total. The minimum atomic E-state index is -2.42. The molecule has 0 atom stereocenters. The van der Waals surface area contributed by atoms with Crippen LogP contribution in [0.4, 0.5) is 0 Å². The maximum atomic E-state index is 5.91. The summed E-state index contributed by atoms with van der Waals surface area (Å²) in [6, 6.07) is 0.948. The quantitative estimate of drug-likeness (QED) is 0.249. The van der Waals surface area contributed by atoms with Crippen LogP contribution in [0, 0.1) is 0 Å². The van der Waals surface area contributed by atoms with E-state index in [0.29, 0.717) is 19.8 Å². The van der Waals surface area contributed by atoms with Crippen LogP contribution in [0.25, 0.3) is 0 Å². The maximum Gasteiger partial charge on any atom is 0.500 e. The number of tetrazole rings is 1. The average molecular weight is 401 g/mol. The fourth-order valence-corrected chi connectivity index (χ4v) is 6.00. The van der Waals surface area contributed by atoms with E-state index < -0.39 is 8.80 Å². The van der Waals surface area contributed by atoms with E-state index in [0.717, 1.165) is 25.4 Å². The van der Waals surface area contributed by atoms with Gasteiger partial charge < -0.3 is 13.3 Å². The lowest BCUT2D eigenvalue weighted by atomic mass is 10.1. The summed E-state index contributed by atoms with van der Waals surface area (Å²) >= 11 is 0. The molecule has 0 unspecified atom stereocenters. The Bertz CT molecular complexity index is 418. The van der Waals surface area contributed by atoms with Crippen molar-refractivity contribution in [2.75, 3.05) is 19.8 Å². The Hall–Kier alpha value is -0.833. The van der Waals surface area contributed by atoms with Crippen LogP contribution in [-0.4, -0.2) is 48.8 Å². The first-order valence-corrected chi connectivity index (χ1v) is 12.8. The predicted octanol–water partition coefficient (Wildman–Crippen LogP) is 4.62. The lowest BCUT2D eigenvalue weighted by molar-refractivity contribution is 0.0706. The van der Waals surface area contributed by atoms with Gasteiger partial charge in [0.05, 0.1) is 0 Å². The zero-order valence-electron chi connectivity index (χ0n) is 17.7. The van der Waals surface area contributed by atoms with Gasteiger partial charge in [0.15, 0.2) is 0 Å². The van der Waals surface area contributed by atoms with Gasteiger partial charge in [0.1, 0.15) is 6.33 Å². The molecule has 158 valence electrons. The Balaban J connectivity index is 1.94. The first-order valence-electron chi connectivity index (χ1n) is 10.9. The second kappa shape index (κ2) is 16.2. The Morgan fingerprint density at radius 3 is 1.63 bits per heavy atom. The number of hydrogen-bond acceptors (Lipinski definition) is 6. The fourth-order valence-electron chi connectivity index (χ4n) is 3.31. The molecule has 0 aromatic carbocycles. The lowest BCUT2D eigenvalue weighted by Gasteiger charge is -2.28. The molecule has 27 heavy (non-hydrogen) atoms. The standard InChI is InChI=1S/C19H40N4O3Si/c1-4-24-27(25-5-2,26-6-3)18-16-14-12-10-8-7-9-11-13-15-17-23-19-20-21-22-23/h19H,4-18H2,1-3H3. The third kappa shape index (κ3) is 11.6. The number of unbranched alkanes of at least 4 members (excludes halogenated alkanes) is 9. The van der Waals surface area contributed by atoms with Crippen molar-refractivity contribution in [1.82, 2.24) is 20.2 Å². The highest BCUT2D eigenvalue weighted by Gasteiger charge is 2.39. The zero-order valence-corrected chi connectivity index (χ0v) is 18.7. The van der Waals surface area contributed by atoms with Crippen LogP contribution in [0.2, 0.25) is 6.04 Å². The number of aromatic nitrogens is 4. The molecular weight excluding hydrogens is 360 g/mol. The van der Waals surface area contributed by atoms with Gasteiger partial charge in [-0.15, -0.1) is 5.10 Å². The molecule has 8 heteroatoms. The van der Waals surface area contributed by atoms with Gasteiger partial charge in [-0.2, -0.15) is 0 Å². The first-order chi connectivity index (χ1) is 13.3. The molecule has 0 aliphatic rings. The molecule has 1 heterocycles. The van der Waals surface area contributed by atoms with E-state index in [1.54, 1.807) is 11.0 Å². The molecule has 0 aliphatic carbocycles. The third-order valence-electron chi connectivity index (χ3n) is 4.60. The minimum absolute atomic E-state index is 0.669. The van der Waals surface area contributed by atoms with Gasteiger partial charge in [0, 0.05) is 32.4 Å². The highest BCUT2D eigenvalue weighted by atomic mass is 28.4. The van der Waals surface area contributed by atoms with Crippen molar-refractivity contribution in [3.05, 3.63) is 6.33 Å². The second-order valence-electron chi connectivity index (χ2n) is 6.84. The predicted molar refractivity (Wildman–Crippen MR) is 109 cm³/mol. The fraction of sp³-hybridized carbons (Fsp3) is 0.947. The molecule has 0 saturated heterocycles. The maximum absolute atomic E-state index is 5.91. The molecule has 0 saturated carbocycles. The SMILES string of the molecule is CCO[Si](CCCCCCCCCCCCn1cnnn1)(OCC)OCC. The minimum Gasteiger partial charge on any atom is -0.374 e. The summed E-state index contributed by atoms with van der Waals surface area (Å²) < 4.78 is 19.5. The van der Waals surface area contributed by atoms with Gasteiger partial charge >= 0.3 is 8.80 Å². The number of aryl methyl sites for hydroxylation is 1. The molecular formula is C19H40N4O3Si. The first kappa shape index (κ1) is 24.2. The van der Waals surface area contributed by atoms with Gasteiger partial charge in [-0.3, -0.25) is 0 Å². The number of rotatable bonds is 19. The Morgan fingerprint density at radius 2 is 1.19 bits per heavy atom. The second-order valence-corrected chi connectivity index (χ2v) is 9.57. The van der Waals surface area contributed by atoms with Crippen LogP contribution in [0.1, 0.15) is 85.0 Å².